The van der Waals surface area contributed by atoms with Gasteiger partial charge < -0.3 is 4.55 Å². The van der Waals surface area contributed by atoms with Gasteiger partial charge in [-0.2, -0.15) is 0 Å². The summed E-state index contributed by atoms with van der Waals surface area (Å²) in [5.41, 5.74) is 0. The maximum Gasteiger partial charge on any atom is 0.166 e. The van der Waals surface area contributed by atoms with E-state index >= 15 is 0 Å². The number of benzene rings is 3. The minimum absolute atomic E-state index is 0.842. The molecule has 0 aromatic heterocycles. The van der Waals surface area contributed by atoms with Gasteiger partial charge in [0.15, 0.2) is 9.79 Å². The average molecular weight is 252 g/mol. The lowest BCUT2D eigenvalue weighted by atomic mass is 10.1. The van der Waals surface area contributed by atoms with Crippen molar-refractivity contribution in [2.24, 2.45) is 0 Å². The van der Waals surface area contributed by atoms with Crippen LogP contribution in [0.5, 0.6) is 0 Å². The minimum atomic E-state index is -1.12. The third kappa shape index (κ3) is 2.01. The van der Waals surface area contributed by atoms with Gasteiger partial charge in [0, 0.05) is 16.6 Å². The fraction of sp³-hybridized carbons (Fsp3) is 0. The van der Waals surface area contributed by atoms with Gasteiger partial charge >= 0.3 is 0 Å². The Kier molecular flexibility index (Phi) is 3.05. The Morgan fingerprint density at radius 3 is 2.17 bits per heavy atom. The molecule has 0 heterocycles. The first-order chi connectivity index (χ1) is 8.86. The van der Waals surface area contributed by atoms with Gasteiger partial charge in [-0.1, -0.05) is 48.5 Å². The zero-order valence-corrected chi connectivity index (χ0v) is 10.6. The summed E-state index contributed by atoms with van der Waals surface area (Å²) in [6, 6.07) is 23.5. The summed E-state index contributed by atoms with van der Waals surface area (Å²) in [4.78, 5) is 1.72. The summed E-state index contributed by atoms with van der Waals surface area (Å²) in [6.45, 7) is 0. The van der Waals surface area contributed by atoms with Crippen LogP contribution >= 0.6 is 0 Å². The van der Waals surface area contributed by atoms with Gasteiger partial charge in [0.05, 0.1) is 0 Å². The predicted molar refractivity (Wildman–Crippen MR) is 75.1 cm³/mol. The maximum absolute atomic E-state index is 12.6. The van der Waals surface area contributed by atoms with Crippen LogP contribution in [0.3, 0.4) is 0 Å². The van der Waals surface area contributed by atoms with Crippen molar-refractivity contribution in [3.63, 3.8) is 0 Å². The number of rotatable bonds is 2. The van der Waals surface area contributed by atoms with E-state index in [2.05, 4.69) is 0 Å². The summed E-state index contributed by atoms with van der Waals surface area (Å²) >= 11 is -1.12. The lowest BCUT2D eigenvalue weighted by molar-refractivity contribution is 0.596. The van der Waals surface area contributed by atoms with Crippen molar-refractivity contribution in [1.82, 2.24) is 0 Å². The topological polar surface area (TPSA) is 23.1 Å². The molecule has 3 rings (SSSR count). The quantitative estimate of drug-likeness (QED) is 0.632. The van der Waals surface area contributed by atoms with Gasteiger partial charge in [-0.15, -0.1) is 0 Å². The van der Waals surface area contributed by atoms with Crippen LogP contribution < -0.4 is 0 Å². The number of hydrogen-bond donors (Lipinski definition) is 0. The normalized spacial score (nSPS) is 12.5. The second-order valence-corrected chi connectivity index (χ2v) is 5.51. The minimum Gasteiger partial charge on any atom is -0.606 e. The van der Waals surface area contributed by atoms with E-state index in [-0.39, 0.29) is 0 Å². The monoisotopic (exact) mass is 252 g/mol. The van der Waals surface area contributed by atoms with E-state index in [9.17, 15) is 4.55 Å². The summed E-state index contributed by atoms with van der Waals surface area (Å²) in [5, 5.41) is 2.18. The van der Waals surface area contributed by atoms with Gasteiger partial charge in [-0.25, -0.2) is 0 Å². The molecule has 0 amide bonds. The molecule has 2 heteroatoms. The molecule has 0 aliphatic rings. The van der Waals surface area contributed by atoms with Crippen molar-refractivity contribution in [3.05, 3.63) is 72.8 Å². The Bertz CT molecular complexity index is 659. The highest BCUT2D eigenvalue weighted by Crippen LogP contribution is 2.27. The van der Waals surface area contributed by atoms with Crippen LogP contribution in [-0.4, -0.2) is 4.55 Å². The smallest absolute Gasteiger partial charge is 0.166 e. The molecular weight excluding hydrogens is 240 g/mol. The zero-order valence-electron chi connectivity index (χ0n) is 9.74. The van der Waals surface area contributed by atoms with Crippen LogP contribution in [0.2, 0.25) is 0 Å². The predicted octanol–water partition coefficient (Wildman–Crippen LogP) is 4.01. The molecule has 3 aromatic rings. The van der Waals surface area contributed by atoms with Gasteiger partial charge in [0.25, 0.3) is 0 Å². The fourth-order valence-corrected chi connectivity index (χ4v) is 3.27. The van der Waals surface area contributed by atoms with Gasteiger partial charge in [0.2, 0.25) is 0 Å². The van der Waals surface area contributed by atoms with E-state index < -0.39 is 11.2 Å². The Morgan fingerprint density at radius 2 is 1.33 bits per heavy atom. The first kappa shape index (κ1) is 11.3. The molecule has 0 radical (unpaired) electrons. The van der Waals surface area contributed by atoms with Crippen molar-refractivity contribution < 1.29 is 4.55 Å². The lowest BCUT2D eigenvalue weighted by Crippen LogP contribution is -2.02. The average Bonchev–Trinajstić information content (AvgIpc) is 2.47. The molecular formula is C16H12OS. The van der Waals surface area contributed by atoms with Gasteiger partial charge in [-0.3, -0.25) is 0 Å². The summed E-state index contributed by atoms with van der Waals surface area (Å²) < 4.78 is 12.6. The Morgan fingerprint density at radius 1 is 0.667 bits per heavy atom. The van der Waals surface area contributed by atoms with E-state index in [0.29, 0.717) is 0 Å². The Balaban J connectivity index is 2.15. The van der Waals surface area contributed by atoms with Gasteiger partial charge in [0.1, 0.15) is 0 Å². The SMILES string of the molecule is [O-][S+](c1ccccc1)c1cccc2ccccc12. The zero-order chi connectivity index (χ0) is 12.4. The van der Waals surface area contributed by atoms with E-state index in [1.54, 1.807) is 0 Å². The molecule has 0 fully saturated rings. The molecule has 3 aromatic carbocycles. The van der Waals surface area contributed by atoms with Crippen LogP contribution in [0.4, 0.5) is 0 Å². The molecule has 18 heavy (non-hydrogen) atoms. The molecule has 0 bridgehead atoms. The standard InChI is InChI=1S/C16H12OS/c17-18(14-9-2-1-3-10-14)16-12-6-8-13-7-4-5-11-15(13)16/h1-12H. The van der Waals surface area contributed by atoms with Crippen LogP contribution in [0.15, 0.2) is 82.6 Å². The molecule has 0 saturated carbocycles. The number of hydrogen-bond acceptors (Lipinski definition) is 1. The van der Waals surface area contributed by atoms with Crippen LogP contribution in [0.25, 0.3) is 10.8 Å². The first-order valence-corrected chi connectivity index (χ1v) is 6.96. The molecule has 0 spiro atoms. The number of fused-ring (bicyclic) bond motifs is 1. The maximum atomic E-state index is 12.6. The van der Waals surface area contributed by atoms with Crippen molar-refractivity contribution in [1.29, 1.82) is 0 Å². The van der Waals surface area contributed by atoms with Crippen LogP contribution in [0, 0.1) is 0 Å². The highest BCUT2D eigenvalue weighted by Gasteiger charge is 2.16. The fourth-order valence-electron chi connectivity index (χ4n) is 2.03. The summed E-state index contributed by atoms with van der Waals surface area (Å²) in [5.74, 6) is 0. The molecule has 0 aliphatic carbocycles. The highest BCUT2D eigenvalue weighted by atomic mass is 32.2. The Labute approximate surface area is 109 Å². The molecule has 0 N–H and O–H groups in total. The van der Waals surface area contributed by atoms with Crippen LogP contribution in [0.1, 0.15) is 0 Å². The van der Waals surface area contributed by atoms with Crippen molar-refractivity contribution >= 4 is 21.9 Å². The first-order valence-electron chi connectivity index (χ1n) is 5.81. The molecule has 1 atom stereocenters. The second-order valence-electron chi connectivity index (χ2n) is 4.06. The second kappa shape index (κ2) is 4.84. The Hall–Kier alpha value is -1.77. The summed E-state index contributed by atoms with van der Waals surface area (Å²) in [7, 11) is 0. The van der Waals surface area contributed by atoms with Crippen molar-refractivity contribution in [2.45, 2.75) is 9.79 Å². The molecule has 0 aliphatic heterocycles. The van der Waals surface area contributed by atoms with Gasteiger partial charge in [-0.05, 0) is 29.7 Å². The molecule has 88 valence electrons. The van der Waals surface area contributed by atoms with Crippen molar-refractivity contribution in [2.75, 3.05) is 0 Å². The van der Waals surface area contributed by atoms with E-state index in [4.69, 9.17) is 0 Å². The van der Waals surface area contributed by atoms with Crippen molar-refractivity contribution in [3.8, 4) is 0 Å². The third-order valence-electron chi connectivity index (χ3n) is 2.91. The third-order valence-corrected chi connectivity index (χ3v) is 4.36. The van der Waals surface area contributed by atoms with Crippen LogP contribution in [-0.2, 0) is 11.2 Å². The lowest BCUT2D eigenvalue weighted by Gasteiger charge is -2.11. The molecule has 1 nitrogen and oxygen atoms in total. The molecule has 0 saturated heterocycles. The van der Waals surface area contributed by atoms with E-state index in [0.717, 1.165) is 20.6 Å². The summed E-state index contributed by atoms with van der Waals surface area (Å²) in [6.07, 6.45) is 0. The highest BCUT2D eigenvalue weighted by molar-refractivity contribution is 7.91. The van der Waals surface area contributed by atoms with E-state index in [1.807, 2.05) is 72.8 Å². The largest absolute Gasteiger partial charge is 0.606 e. The van der Waals surface area contributed by atoms with E-state index in [1.165, 1.54) is 0 Å². The molecule has 1 unspecified atom stereocenters.